The van der Waals surface area contributed by atoms with Crippen LogP contribution in [0.4, 0.5) is 0 Å². The lowest BCUT2D eigenvalue weighted by Gasteiger charge is -2.40. The number of hydrogen-bond donors (Lipinski definition) is 0. The first-order valence-corrected chi connectivity index (χ1v) is 18.2. The Balaban J connectivity index is 1.43. The normalized spacial score (nSPS) is 20.4. The van der Waals surface area contributed by atoms with Crippen molar-refractivity contribution >= 4 is 22.0 Å². The van der Waals surface area contributed by atoms with Gasteiger partial charge in [0.1, 0.15) is 23.4 Å². The molecule has 3 aromatic rings. The highest BCUT2D eigenvalue weighted by atomic mass is 32.2. The number of esters is 2. The molecule has 3 aliphatic rings. The number of aromatic nitrogens is 1. The van der Waals surface area contributed by atoms with E-state index in [1.54, 1.807) is 38.1 Å². The van der Waals surface area contributed by atoms with Crippen LogP contribution in [0.5, 0.6) is 5.75 Å². The molecule has 4 heterocycles. The average molecular weight is 720 g/mol. The summed E-state index contributed by atoms with van der Waals surface area (Å²) in [5, 5.41) is 10.4. The summed E-state index contributed by atoms with van der Waals surface area (Å²) in [5.74, 6) is -2.74. The molecule has 1 fully saturated rings. The van der Waals surface area contributed by atoms with Crippen LogP contribution in [0.2, 0.25) is 0 Å². The predicted molar refractivity (Wildman–Crippen MR) is 182 cm³/mol. The summed E-state index contributed by atoms with van der Waals surface area (Å²) >= 11 is 0. The lowest BCUT2D eigenvalue weighted by Crippen LogP contribution is -2.53. The highest BCUT2D eigenvalue weighted by Crippen LogP contribution is 2.40. The van der Waals surface area contributed by atoms with Gasteiger partial charge in [-0.05, 0) is 54.8 Å². The Morgan fingerprint density at radius 3 is 2.33 bits per heavy atom. The van der Waals surface area contributed by atoms with Gasteiger partial charge in [0.2, 0.25) is 15.6 Å². The van der Waals surface area contributed by atoms with Gasteiger partial charge in [0.25, 0.3) is 5.56 Å². The summed E-state index contributed by atoms with van der Waals surface area (Å²) in [6.07, 6.45) is -0.143. The second-order valence-corrected chi connectivity index (χ2v) is 15.7. The van der Waals surface area contributed by atoms with Gasteiger partial charge in [-0.2, -0.15) is 9.57 Å². The standard InChI is InChI=1S/C37H41N3O10S/c1-6-37(34(43)47-7-2,30-17-26-18-36(48-22-35(3,4)23-49-36)21-39(26)32(41)29(30)19-38)50-33(42)31-16-24-10-8-9-11-25(24)20-40(31)51(44,45)28-14-12-27(46-5)13-15-28/h8-15,17,31H,6-7,16,18,20-23H2,1-5H3/t31?,37-/m0/s1. The minimum atomic E-state index is -4.31. The van der Waals surface area contributed by atoms with E-state index >= 15 is 0 Å². The molecular formula is C37H41N3O10S. The van der Waals surface area contributed by atoms with E-state index in [0.29, 0.717) is 30.2 Å². The van der Waals surface area contributed by atoms with E-state index in [2.05, 4.69) is 0 Å². The van der Waals surface area contributed by atoms with E-state index < -0.39 is 50.5 Å². The van der Waals surface area contributed by atoms with Crippen LogP contribution >= 0.6 is 0 Å². The van der Waals surface area contributed by atoms with Crippen molar-refractivity contribution in [2.75, 3.05) is 26.9 Å². The van der Waals surface area contributed by atoms with Gasteiger partial charge >= 0.3 is 11.9 Å². The van der Waals surface area contributed by atoms with Crippen molar-refractivity contribution < 1.29 is 41.7 Å². The molecule has 1 aromatic heterocycles. The second-order valence-electron chi connectivity index (χ2n) is 13.8. The van der Waals surface area contributed by atoms with Gasteiger partial charge in [0.15, 0.2) is 5.79 Å². The summed E-state index contributed by atoms with van der Waals surface area (Å²) in [6, 6.07) is 14.9. The van der Waals surface area contributed by atoms with Crippen LogP contribution in [0.25, 0.3) is 0 Å². The summed E-state index contributed by atoms with van der Waals surface area (Å²) in [6.45, 7) is 7.69. The number of benzene rings is 2. The number of pyridine rings is 1. The van der Waals surface area contributed by atoms with Crippen molar-refractivity contribution in [3.63, 3.8) is 0 Å². The third-order valence-corrected chi connectivity index (χ3v) is 11.6. The number of hydrogen-bond acceptors (Lipinski definition) is 11. The molecule has 2 aromatic carbocycles. The van der Waals surface area contributed by atoms with Crippen molar-refractivity contribution in [3.8, 4) is 11.8 Å². The maximum absolute atomic E-state index is 14.5. The molecule has 1 saturated heterocycles. The SMILES string of the molecule is CCOC(=O)[C@@](CC)(OC(=O)C1Cc2ccccc2CN1S(=O)(=O)c1ccc(OC)cc1)c1cc2n(c(=O)c1C#N)CC1(C2)OCC(C)(C)CO1. The number of fused-ring (bicyclic) bond motifs is 2. The van der Waals surface area contributed by atoms with Crippen LogP contribution in [0.15, 0.2) is 64.3 Å². The Morgan fingerprint density at radius 2 is 1.73 bits per heavy atom. The first-order chi connectivity index (χ1) is 24.2. The molecule has 13 nitrogen and oxygen atoms in total. The highest BCUT2D eigenvalue weighted by Gasteiger charge is 2.52. The monoisotopic (exact) mass is 719 g/mol. The quantitative estimate of drug-likeness (QED) is 0.297. The number of rotatable bonds is 9. The van der Waals surface area contributed by atoms with Gasteiger partial charge in [0.05, 0.1) is 38.4 Å². The fraction of sp³-hybridized carbons (Fsp3) is 0.459. The molecule has 1 spiro atoms. The van der Waals surface area contributed by atoms with Gasteiger partial charge in [-0.25, -0.2) is 13.2 Å². The van der Waals surface area contributed by atoms with Crippen LogP contribution in [0.1, 0.15) is 62.1 Å². The molecule has 270 valence electrons. The molecule has 2 atom stereocenters. The Bertz CT molecular complexity index is 2060. The maximum atomic E-state index is 14.5. The van der Waals surface area contributed by atoms with Crippen molar-refractivity contribution in [2.24, 2.45) is 5.41 Å². The molecule has 14 heteroatoms. The second kappa shape index (κ2) is 13.5. The number of carbonyl (C=O) groups excluding carboxylic acids is 2. The predicted octanol–water partition coefficient (Wildman–Crippen LogP) is 3.58. The van der Waals surface area contributed by atoms with E-state index in [-0.39, 0.29) is 54.8 Å². The average Bonchev–Trinajstić information content (AvgIpc) is 3.50. The Labute approximate surface area is 296 Å². The van der Waals surface area contributed by atoms with Gasteiger partial charge in [-0.15, -0.1) is 0 Å². The Hall–Kier alpha value is -4.55. The smallest absolute Gasteiger partial charge is 0.355 e. The molecule has 0 N–H and O–H groups in total. The van der Waals surface area contributed by atoms with E-state index in [9.17, 15) is 28.1 Å². The Morgan fingerprint density at radius 1 is 1.06 bits per heavy atom. The summed E-state index contributed by atoms with van der Waals surface area (Å²) in [4.78, 5) is 42.4. The highest BCUT2D eigenvalue weighted by molar-refractivity contribution is 7.89. The first-order valence-electron chi connectivity index (χ1n) is 16.8. The van der Waals surface area contributed by atoms with Crippen LogP contribution in [0, 0.1) is 16.7 Å². The topological polar surface area (TPSA) is 163 Å². The molecule has 0 amide bonds. The number of carbonyl (C=O) groups is 2. The van der Waals surface area contributed by atoms with Gasteiger partial charge in [-0.3, -0.25) is 9.59 Å². The van der Waals surface area contributed by atoms with Crippen molar-refractivity contribution in [2.45, 2.75) is 82.4 Å². The minimum absolute atomic E-state index is 0.0319. The maximum Gasteiger partial charge on any atom is 0.355 e. The van der Waals surface area contributed by atoms with Crippen molar-refractivity contribution in [1.82, 2.24) is 8.87 Å². The number of sulfonamides is 1. The van der Waals surface area contributed by atoms with Gasteiger partial charge < -0.3 is 28.3 Å². The molecule has 3 aliphatic heterocycles. The summed E-state index contributed by atoms with van der Waals surface area (Å²) in [5.41, 5.74) is -1.92. The molecule has 0 saturated carbocycles. The van der Waals surface area contributed by atoms with E-state index in [1.165, 1.54) is 42.0 Å². The minimum Gasteiger partial charge on any atom is -0.497 e. The third-order valence-electron chi connectivity index (χ3n) is 9.76. The number of nitrogens with zero attached hydrogens (tertiary/aromatic N) is 3. The summed E-state index contributed by atoms with van der Waals surface area (Å²) < 4.78 is 59.9. The van der Waals surface area contributed by atoms with Crippen molar-refractivity contribution in [3.05, 3.63) is 92.9 Å². The third kappa shape index (κ3) is 6.44. The zero-order valence-corrected chi connectivity index (χ0v) is 30.1. The number of nitriles is 1. The zero-order chi connectivity index (χ0) is 36.8. The molecule has 6 rings (SSSR count). The van der Waals surface area contributed by atoms with Crippen LogP contribution in [-0.2, 0) is 70.1 Å². The van der Waals surface area contributed by atoms with Crippen LogP contribution in [-0.4, -0.2) is 68.0 Å². The Kier molecular flexibility index (Phi) is 9.62. The lowest BCUT2D eigenvalue weighted by molar-refractivity contribution is -0.296. The zero-order valence-electron chi connectivity index (χ0n) is 29.3. The van der Waals surface area contributed by atoms with Gasteiger partial charge in [-0.1, -0.05) is 45.0 Å². The fourth-order valence-corrected chi connectivity index (χ4v) is 8.44. The molecule has 0 bridgehead atoms. The lowest BCUT2D eigenvalue weighted by atomic mass is 9.86. The van der Waals surface area contributed by atoms with Crippen molar-refractivity contribution in [1.29, 1.82) is 5.26 Å². The van der Waals surface area contributed by atoms with E-state index in [0.717, 1.165) is 9.87 Å². The van der Waals surface area contributed by atoms with E-state index in [4.69, 9.17) is 23.7 Å². The molecule has 1 unspecified atom stereocenters. The summed E-state index contributed by atoms with van der Waals surface area (Å²) in [7, 11) is -2.84. The molecule has 0 radical (unpaired) electrons. The molecule has 51 heavy (non-hydrogen) atoms. The number of ether oxygens (including phenoxy) is 5. The fourth-order valence-electron chi connectivity index (χ4n) is 6.88. The van der Waals surface area contributed by atoms with Gasteiger partial charge in [0, 0.05) is 36.1 Å². The van der Waals surface area contributed by atoms with Crippen LogP contribution in [0.3, 0.4) is 0 Å². The molecule has 0 aliphatic carbocycles. The number of methoxy groups -OCH3 is 1. The van der Waals surface area contributed by atoms with E-state index in [1.807, 2.05) is 19.9 Å². The largest absolute Gasteiger partial charge is 0.497 e. The first kappa shape index (κ1) is 36.2. The molecular weight excluding hydrogens is 678 g/mol. The van der Waals surface area contributed by atoms with Crippen LogP contribution < -0.4 is 10.3 Å².